The van der Waals surface area contributed by atoms with Gasteiger partial charge in [-0.3, -0.25) is 9.63 Å². The number of amides is 1. The summed E-state index contributed by atoms with van der Waals surface area (Å²) in [4.78, 5) is 16.6. The van der Waals surface area contributed by atoms with Gasteiger partial charge in [0.2, 0.25) is 5.91 Å². The lowest BCUT2D eigenvalue weighted by atomic mass is 10.1. The number of carbonyl (C=O) groups excluding carboxylic acids is 1. The Kier molecular flexibility index (Phi) is 2.39. The van der Waals surface area contributed by atoms with Crippen molar-refractivity contribution >= 4 is 5.91 Å². The van der Waals surface area contributed by atoms with E-state index in [-0.39, 0.29) is 11.5 Å². The van der Waals surface area contributed by atoms with E-state index in [0.717, 1.165) is 0 Å². The van der Waals surface area contributed by atoms with Crippen LogP contribution in [0, 0.1) is 12.3 Å². The van der Waals surface area contributed by atoms with Crippen LogP contribution in [0.1, 0.15) is 26.7 Å². The van der Waals surface area contributed by atoms with Crippen LogP contribution < -0.4 is 0 Å². The molecule has 0 bridgehead atoms. The first-order valence-electron chi connectivity index (χ1n) is 3.98. The largest absolute Gasteiger partial charge is 0.272 e. The number of carbonyl (C=O) groups is 1. The van der Waals surface area contributed by atoms with Crippen molar-refractivity contribution in [1.29, 1.82) is 0 Å². The van der Waals surface area contributed by atoms with Crippen LogP contribution in [-0.2, 0) is 9.63 Å². The minimum atomic E-state index is -0.355. The zero-order valence-electron chi connectivity index (χ0n) is 7.46. The summed E-state index contributed by atoms with van der Waals surface area (Å²) in [5.41, 5.74) is -0.355. The second kappa shape index (κ2) is 3.16. The van der Waals surface area contributed by atoms with Crippen molar-refractivity contribution in [3.05, 3.63) is 0 Å². The van der Waals surface area contributed by atoms with Crippen LogP contribution in [0.2, 0.25) is 0 Å². The lowest BCUT2D eigenvalue weighted by Gasteiger charge is -2.18. The number of terminal acetylenes is 1. The maximum atomic E-state index is 11.2. The summed E-state index contributed by atoms with van der Waals surface area (Å²) in [7, 11) is 0. The number of nitrogens with zero attached hydrogens (tertiary/aromatic N) is 1. The summed E-state index contributed by atoms with van der Waals surface area (Å²) in [5.74, 6) is 2.49. The fraction of sp³-hybridized carbons (Fsp3) is 0.667. The molecule has 0 aromatic heterocycles. The van der Waals surface area contributed by atoms with Crippen LogP contribution in [0.15, 0.2) is 0 Å². The zero-order chi connectivity index (χ0) is 9.19. The van der Waals surface area contributed by atoms with E-state index >= 15 is 0 Å². The van der Waals surface area contributed by atoms with Crippen molar-refractivity contribution in [2.75, 3.05) is 6.54 Å². The smallest absolute Gasteiger partial charge is 0.249 e. The molecular weight excluding hydrogens is 154 g/mol. The van der Waals surface area contributed by atoms with Crippen molar-refractivity contribution in [2.45, 2.75) is 32.3 Å². The summed E-state index contributed by atoms with van der Waals surface area (Å²) in [6.45, 7) is 4.28. The summed E-state index contributed by atoms with van der Waals surface area (Å²) in [5, 5.41) is 1.36. The second-order valence-electron chi connectivity index (χ2n) is 3.48. The van der Waals surface area contributed by atoms with Crippen LogP contribution in [0.4, 0.5) is 0 Å². The van der Waals surface area contributed by atoms with E-state index < -0.39 is 0 Å². The topological polar surface area (TPSA) is 29.5 Å². The van der Waals surface area contributed by atoms with E-state index in [1.54, 1.807) is 0 Å². The monoisotopic (exact) mass is 167 g/mol. The lowest BCUT2D eigenvalue weighted by Crippen LogP contribution is -2.26. The van der Waals surface area contributed by atoms with Gasteiger partial charge in [0.1, 0.15) is 0 Å². The average Bonchev–Trinajstić information content (AvgIpc) is 2.20. The summed E-state index contributed by atoms with van der Waals surface area (Å²) in [6, 6.07) is 0. The molecule has 1 amide bonds. The standard InChI is InChI=1S/C9H13NO2/c1-4-5-6-10-8(11)7-9(2,3)12-10/h1H,5-7H2,2-3H3. The molecule has 1 saturated heterocycles. The van der Waals surface area contributed by atoms with Crippen molar-refractivity contribution in [2.24, 2.45) is 0 Å². The van der Waals surface area contributed by atoms with Gasteiger partial charge in [-0.1, -0.05) is 0 Å². The normalized spacial score (nSPS) is 21.1. The van der Waals surface area contributed by atoms with Gasteiger partial charge < -0.3 is 0 Å². The van der Waals surface area contributed by atoms with Crippen molar-refractivity contribution < 1.29 is 9.63 Å². The van der Waals surface area contributed by atoms with E-state index in [4.69, 9.17) is 11.3 Å². The molecule has 0 aliphatic carbocycles. The van der Waals surface area contributed by atoms with Gasteiger partial charge in [-0.25, -0.2) is 5.06 Å². The molecule has 3 heteroatoms. The third-order valence-corrected chi connectivity index (χ3v) is 1.67. The predicted octanol–water partition coefficient (Wildman–Crippen LogP) is 0.952. The highest BCUT2D eigenvalue weighted by Crippen LogP contribution is 2.25. The molecule has 1 fully saturated rings. The van der Waals surface area contributed by atoms with E-state index in [0.29, 0.717) is 19.4 Å². The molecule has 1 rings (SSSR count). The van der Waals surface area contributed by atoms with E-state index in [2.05, 4.69) is 5.92 Å². The van der Waals surface area contributed by atoms with Crippen LogP contribution in [0.25, 0.3) is 0 Å². The van der Waals surface area contributed by atoms with E-state index in [1.165, 1.54) is 5.06 Å². The Bertz CT molecular complexity index is 227. The van der Waals surface area contributed by atoms with Crippen molar-refractivity contribution in [3.8, 4) is 12.3 Å². The molecule has 0 unspecified atom stereocenters. The first kappa shape index (κ1) is 9.08. The first-order valence-corrected chi connectivity index (χ1v) is 3.98. The molecule has 0 N–H and O–H groups in total. The highest BCUT2D eigenvalue weighted by atomic mass is 16.7. The van der Waals surface area contributed by atoms with Crippen LogP contribution in [0.5, 0.6) is 0 Å². The third kappa shape index (κ3) is 1.99. The van der Waals surface area contributed by atoms with E-state index in [9.17, 15) is 4.79 Å². The van der Waals surface area contributed by atoms with Gasteiger partial charge in [0.15, 0.2) is 0 Å². The van der Waals surface area contributed by atoms with Gasteiger partial charge in [0.25, 0.3) is 0 Å². The molecule has 66 valence electrons. The number of rotatable bonds is 2. The Hall–Kier alpha value is -1.01. The van der Waals surface area contributed by atoms with Crippen LogP contribution in [-0.4, -0.2) is 23.1 Å². The van der Waals surface area contributed by atoms with Gasteiger partial charge in [0.05, 0.1) is 18.6 Å². The van der Waals surface area contributed by atoms with E-state index in [1.807, 2.05) is 13.8 Å². The SMILES string of the molecule is C#CCCN1OC(C)(C)CC1=O. The Labute approximate surface area is 72.6 Å². The second-order valence-corrected chi connectivity index (χ2v) is 3.48. The highest BCUT2D eigenvalue weighted by molar-refractivity contribution is 5.77. The molecule has 0 atom stereocenters. The summed E-state index contributed by atoms with van der Waals surface area (Å²) in [6.07, 6.45) is 6.06. The van der Waals surface area contributed by atoms with Gasteiger partial charge in [-0.15, -0.1) is 12.3 Å². The molecule has 3 nitrogen and oxygen atoms in total. The quantitative estimate of drug-likeness (QED) is 0.573. The molecule has 1 aliphatic rings. The predicted molar refractivity (Wildman–Crippen MR) is 44.9 cm³/mol. The third-order valence-electron chi connectivity index (χ3n) is 1.67. The lowest BCUT2D eigenvalue weighted by molar-refractivity contribution is -0.190. The van der Waals surface area contributed by atoms with Gasteiger partial charge in [-0.2, -0.15) is 0 Å². The number of hydrogen-bond acceptors (Lipinski definition) is 2. The minimum absolute atomic E-state index is 0.0234. The fourth-order valence-electron chi connectivity index (χ4n) is 1.17. The van der Waals surface area contributed by atoms with Crippen molar-refractivity contribution in [1.82, 2.24) is 5.06 Å². The molecule has 0 aromatic carbocycles. The molecule has 1 heterocycles. The fourth-order valence-corrected chi connectivity index (χ4v) is 1.17. The molecule has 0 spiro atoms. The number of hydroxylamine groups is 2. The Morgan fingerprint density at radius 1 is 1.75 bits per heavy atom. The van der Waals surface area contributed by atoms with Gasteiger partial charge >= 0.3 is 0 Å². The summed E-state index contributed by atoms with van der Waals surface area (Å²) >= 11 is 0. The Morgan fingerprint density at radius 3 is 2.83 bits per heavy atom. The number of hydrogen-bond donors (Lipinski definition) is 0. The highest BCUT2D eigenvalue weighted by Gasteiger charge is 2.36. The van der Waals surface area contributed by atoms with Gasteiger partial charge in [-0.05, 0) is 13.8 Å². The maximum absolute atomic E-state index is 11.2. The molecular formula is C9H13NO2. The zero-order valence-corrected chi connectivity index (χ0v) is 7.46. The molecule has 0 aromatic rings. The molecule has 12 heavy (non-hydrogen) atoms. The average molecular weight is 167 g/mol. The minimum Gasteiger partial charge on any atom is -0.272 e. The van der Waals surface area contributed by atoms with Crippen molar-refractivity contribution in [3.63, 3.8) is 0 Å². The summed E-state index contributed by atoms with van der Waals surface area (Å²) < 4.78 is 0. The Balaban J connectivity index is 2.48. The first-order chi connectivity index (χ1) is 5.55. The molecule has 1 aliphatic heterocycles. The van der Waals surface area contributed by atoms with Crippen LogP contribution in [0.3, 0.4) is 0 Å². The van der Waals surface area contributed by atoms with Gasteiger partial charge in [0, 0.05) is 6.42 Å². The maximum Gasteiger partial charge on any atom is 0.249 e. The Morgan fingerprint density at radius 2 is 2.42 bits per heavy atom. The van der Waals surface area contributed by atoms with Crippen LogP contribution >= 0.6 is 0 Å². The molecule has 0 radical (unpaired) electrons. The molecule has 0 saturated carbocycles.